The number of nitrogens with one attached hydrogen (secondary N) is 1. The summed E-state index contributed by atoms with van der Waals surface area (Å²) in [6.07, 6.45) is 0. The van der Waals surface area contributed by atoms with Gasteiger partial charge in [-0.1, -0.05) is 0 Å². The number of hydrogen-bond donors (Lipinski definition) is 2. The largest absolute Gasteiger partial charge is 0.497 e. The van der Waals surface area contributed by atoms with Gasteiger partial charge in [-0.2, -0.15) is 4.98 Å². The number of aromatic hydroxyl groups is 1. The number of hydrogen-bond acceptors (Lipinski definition) is 5. The number of aromatic nitrogens is 2. The monoisotopic (exact) mass is 234 g/mol. The van der Waals surface area contributed by atoms with E-state index in [1.807, 2.05) is 0 Å². The van der Waals surface area contributed by atoms with Gasteiger partial charge in [0.2, 0.25) is 5.88 Å². The Morgan fingerprint density at radius 2 is 1.88 bits per heavy atom. The van der Waals surface area contributed by atoms with Gasteiger partial charge in [0.25, 0.3) is 5.56 Å². The van der Waals surface area contributed by atoms with Gasteiger partial charge in [0.05, 0.1) is 13.2 Å². The Bertz CT molecular complexity index is 562. The van der Waals surface area contributed by atoms with E-state index in [4.69, 9.17) is 14.6 Å². The van der Waals surface area contributed by atoms with Gasteiger partial charge in [0.15, 0.2) is 0 Å². The Kier molecular flexibility index (Phi) is 2.95. The Morgan fingerprint density at radius 1 is 1.24 bits per heavy atom. The SMILES string of the molecule is COc1ccc(Oc2nc(O)cc(=O)[nH]2)cc1. The van der Waals surface area contributed by atoms with Crippen molar-refractivity contribution in [3.05, 3.63) is 40.7 Å². The fourth-order valence-corrected chi connectivity index (χ4v) is 1.23. The smallest absolute Gasteiger partial charge is 0.305 e. The van der Waals surface area contributed by atoms with E-state index in [2.05, 4.69) is 9.97 Å². The third-order valence-corrected chi connectivity index (χ3v) is 1.98. The number of nitrogens with zero attached hydrogens (tertiary/aromatic N) is 1. The minimum Gasteiger partial charge on any atom is -0.497 e. The van der Waals surface area contributed by atoms with E-state index in [1.54, 1.807) is 31.4 Å². The Morgan fingerprint density at radius 3 is 2.47 bits per heavy atom. The molecule has 0 aliphatic heterocycles. The fourth-order valence-electron chi connectivity index (χ4n) is 1.23. The average molecular weight is 234 g/mol. The molecule has 0 spiro atoms. The highest BCUT2D eigenvalue weighted by atomic mass is 16.5. The minimum atomic E-state index is -0.485. The zero-order chi connectivity index (χ0) is 12.3. The van der Waals surface area contributed by atoms with Gasteiger partial charge >= 0.3 is 6.01 Å². The molecule has 0 aliphatic carbocycles. The van der Waals surface area contributed by atoms with E-state index in [0.717, 1.165) is 6.07 Å². The van der Waals surface area contributed by atoms with Crippen LogP contribution >= 0.6 is 0 Å². The van der Waals surface area contributed by atoms with E-state index >= 15 is 0 Å². The van der Waals surface area contributed by atoms with Crippen LogP contribution < -0.4 is 15.0 Å². The molecule has 1 heterocycles. The first kappa shape index (κ1) is 11.0. The summed E-state index contributed by atoms with van der Waals surface area (Å²) in [4.78, 5) is 17.0. The van der Waals surface area contributed by atoms with Crippen molar-refractivity contribution in [3.8, 4) is 23.4 Å². The number of methoxy groups -OCH3 is 1. The first-order valence-electron chi connectivity index (χ1n) is 4.79. The molecule has 0 saturated heterocycles. The molecule has 0 saturated carbocycles. The summed E-state index contributed by atoms with van der Waals surface area (Å²) in [5.41, 5.74) is -0.485. The van der Waals surface area contributed by atoms with E-state index in [9.17, 15) is 4.79 Å². The zero-order valence-corrected chi connectivity index (χ0v) is 9.01. The molecule has 2 rings (SSSR count). The first-order valence-corrected chi connectivity index (χ1v) is 4.79. The molecule has 6 heteroatoms. The van der Waals surface area contributed by atoms with Crippen LogP contribution in [0.2, 0.25) is 0 Å². The van der Waals surface area contributed by atoms with E-state index in [1.165, 1.54) is 0 Å². The van der Waals surface area contributed by atoms with Gasteiger partial charge in [-0.15, -0.1) is 0 Å². The van der Waals surface area contributed by atoms with Crippen LogP contribution in [0.15, 0.2) is 35.1 Å². The summed E-state index contributed by atoms with van der Waals surface area (Å²) >= 11 is 0. The zero-order valence-electron chi connectivity index (χ0n) is 9.01. The van der Waals surface area contributed by atoms with Gasteiger partial charge in [-0.25, -0.2) is 0 Å². The molecule has 0 unspecified atom stereocenters. The molecule has 6 nitrogen and oxygen atoms in total. The molecular weight excluding hydrogens is 224 g/mol. The number of H-pyrrole nitrogens is 1. The molecule has 0 radical (unpaired) electrons. The van der Waals surface area contributed by atoms with Crippen LogP contribution in [0.3, 0.4) is 0 Å². The topological polar surface area (TPSA) is 84.4 Å². The quantitative estimate of drug-likeness (QED) is 0.835. The van der Waals surface area contributed by atoms with Crippen molar-refractivity contribution < 1.29 is 14.6 Å². The highest BCUT2D eigenvalue weighted by Crippen LogP contribution is 2.21. The maximum atomic E-state index is 11.0. The number of rotatable bonds is 3. The molecule has 2 N–H and O–H groups in total. The minimum absolute atomic E-state index is 0.0693. The molecule has 0 amide bonds. The van der Waals surface area contributed by atoms with Crippen LogP contribution in [0.4, 0.5) is 0 Å². The van der Waals surface area contributed by atoms with Crippen molar-refractivity contribution in [1.82, 2.24) is 9.97 Å². The summed E-state index contributed by atoms with van der Waals surface area (Å²) in [6, 6.07) is 7.61. The lowest BCUT2D eigenvalue weighted by Crippen LogP contribution is -2.06. The summed E-state index contributed by atoms with van der Waals surface area (Å²) in [6.45, 7) is 0. The van der Waals surface area contributed by atoms with Crippen molar-refractivity contribution in [2.75, 3.05) is 7.11 Å². The van der Waals surface area contributed by atoms with Gasteiger partial charge < -0.3 is 14.6 Å². The van der Waals surface area contributed by atoms with Crippen LogP contribution in [0.1, 0.15) is 0 Å². The first-order chi connectivity index (χ1) is 8.17. The Labute approximate surface area is 96.5 Å². The van der Waals surface area contributed by atoms with Crippen LogP contribution in [0, 0.1) is 0 Å². The van der Waals surface area contributed by atoms with E-state index < -0.39 is 11.4 Å². The number of aromatic amines is 1. The maximum absolute atomic E-state index is 11.0. The Hall–Kier alpha value is -2.50. The maximum Gasteiger partial charge on any atom is 0.305 e. The molecular formula is C11H10N2O4. The van der Waals surface area contributed by atoms with E-state index in [0.29, 0.717) is 11.5 Å². The molecule has 0 atom stereocenters. The standard InChI is InChI=1S/C11H10N2O4/c1-16-7-2-4-8(5-3-7)17-11-12-9(14)6-10(15)13-11/h2-6H,1H3,(H2,12,13,14,15). The third-order valence-electron chi connectivity index (χ3n) is 1.98. The lowest BCUT2D eigenvalue weighted by Gasteiger charge is -2.05. The lowest BCUT2D eigenvalue weighted by atomic mass is 10.3. The van der Waals surface area contributed by atoms with Crippen LogP contribution in [0.25, 0.3) is 0 Å². The molecule has 2 aromatic rings. The van der Waals surface area contributed by atoms with Crippen LogP contribution in [-0.4, -0.2) is 22.2 Å². The highest BCUT2D eigenvalue weighted by molar-refractivity contribution is 5.32. The predicted molar refractivity (Wildman–Crippen MR) is 59.6 cm³/mol. The molecule has 1 aromatic heterocycles. The average Bonchev–Trinajstić information content (AvgIpc) is 2.28. The fraction of sp³-hybridized carbons (Fsp3) is 0.0909. The number of benzene rings is 1. The summed E-state index contributed by atoms with van der Waals surface area (Å²) in [5, 5.41) is 9.12. The molecule has 0 fully saturated rings. The second-order valence-electron chi connectivity index (χ2n) is 3.19. The van der Waals surface area contributed by atoms with Gasteiger partial charge in [-0.05, 0) is 24.3 Å². The second kappa shape index (κ2) is 4.56. The summed E-state index contributed by atoms with van der Waals surface area (Å²) in [7, 11) is 1.56. The van der Waals surface area contributed by atoms with Gasteiger partial charge in [0.1, 0.15) is 11.5 Å². The predicted octanol–water partition coefficient (Wildman–Crippen LogP) is 1.28. The van der Waals surface area contributed by atoms with Gasteiger partial charge in [0, 0.05) is 0 Å². The molecule has 17 heavy (non-hydrogen) atoms. The van der Waals surface area contributed by atoms with Crippen LogP contribution in [-0.2, 0) is 0 Å². The summed E-state index contributed by atoms with van der Waals surface area (Å²) < 4.78 is 10.2. The lowest BCUT2D eigenvalue weighted by molar-refractivity contribution is 0.399. The van der Waals surface area contributed by atoms with E-state index in [-0.39, 0.29) is 6.01 Å². The van der Waals surface area contributed by atoms with Crippen molar-refractivity contribution >= 4 is 0 Å². The molecule has 1 aromatic carbocycles. The second-order valence-corrected chi connectivity index (χ2v) is 3.19. The van der Waals surface area contributed by atoms with Crippen molar-refractivity contribution in [2.24, 2.45) is 0 Å². The van der Waals surface area contributed by atoms with Crippen molar-refractivity contribution in [1.29, 1.82) is 0 Å². The third kappa shape index (κ3) is 2.75. The molecule has 0 bridgehead atoms. The Balaban J connectivity index is 2.22. The summed E-state index contributed by atoms with van der Waals surface area (Å²) in [5.74, 6) is 0.770. The van der Waals surface area contributed by atoms with Gasteiger partial charge in [-0.3, -0.25) is 9.78 Å². The highest BCUT2D eigenvalue weighted by Gasteiger charge is 2.02. The van der Waals surface area contributed by atoms with Crippen LogP contribution in [0.5, 0.6) is 23.4 Å². The molecule has 0 aliphatic rings. The normalized spacial score (nSPS) is 9.94. The van der Waals surface area contributed by atoms with Crippen molar-refractivity contribution in [3.63, 3.8) is 0 Å². The van der Waals surface area contributed by atoms with Crippen molar-refractivity contribution in [2.45, 2.75) is 0 Å². The molecule has 88 valence electrons. The number of ether oxygens (including phenoxy) is 2.